The zero-order chi connectivity index (χ0) is 32.0. The van der Waals surface area contributed by atoms with Crippen molar-refractivity contribution in [3.63, 3.8) is 0 Å². The van der Waals surface area contributed by atoms with E-state index in [1.54, 1.807) is 0 Å². The lowest BCUT2D eigenvalue weighted by Crippen LogP contribution is -2.51. The number of carbonyl (C=O) groups excluding carboxylic acids is 1. The van der Waals surface area contributed by atoms with E-state index in [1.165, 1.54) is 6.92 Å². The Balaban J connectivity index is 1.64. The number of ether oxygens (including phenoxy) is 1. The highest BCUT2D eigenvalue weighted by Crippen LogP contribution is 2.37. The fourth-order valence-electron chi connectivity index (χ4n) is 3.48. The highest BCUT2D eigenvalue weighted by molar-refractivity contribution is 7.91. The largest absolute Gasteiger partial charge is 0.433 e. The van der Waals surface area contributed by atoms with Gasteiger partial charge in [0.05, 0.1) is 41.9 Å². The Kier molecular flexibility index (Phi) is 8.70. The maximum Gasteiger partial charge on any atom is 0.433 e. The van der Waals surface area contributed by atoms with Gasteiger partial charge in [0, 0.05) is 5.56 Å². The summed E-state index contributed by atoms with van der Waals surface area (Å²) in [5.41, 5.74) is -5.42. The topological polar surface area (TPSA) is 155 Å². The van der Waals surface area contributed by atoms with Crippen LogP contribution in [0.15, 0.2) is 46.8 Å². The number of nitrogens with zero attached hydrogens (tertiary/aromatic N) is 3. The Morgan fingerprint density at radius 1 is 1.07 bits per heavy atom. The number of nitrogens with one attached hydrogen (secondary N) is 2. The molecule has 4 N–H and O–H groups in total. The van der Waals surface area contributed by atoms with Gasteiger partial charge in [0.15, 0.2) is 17.1 Å². The number of carbonyl (C=O) groups is 1. The first-order valence-corrected chi connectivity index (χ1v) is 14.2. The molecule has 11 nitrogen and oxygen atoms in total. The van der Waals surface area contributed by atoms with Crippen LogP contribution in [-0.2, 0) is 22.4 Å². The van der Waals surface area contributed by atoms with Crippen molar-refractivity contribution in [1.82, 2.24) is 19.3 Å². The van der Waals surface area contributed by atoms with E-state index in [2.05, 4.69) is 20.1 Å². The van der Waals surface area contributed by atoms with Crippen LogP contribution >= 0.6 is 22.9 Å². The Morgan fingerprint density at radius 3 is 2.26 bits per heavy atom. The molecular formula is C23H18ClF6N5O6S2. The van der Waals surface area contributed by atoms with E-state index in [-0.39, 0.29) is 15.6 Å². The summed E-state index contributed by atoms with van der Waals surface area (Å²) in [6.45, 7) is -0.263. The van der Waals surface area contributed by atoms with Gasteiger partial charge in [-0.3, -0.25) is 5.32 Å². The van der Waals surface area contributed by atoms with E-state index in [0.29, 0.717) is 34.1 Å². The summed E-state index contributed by atoms with van der Waals surface area (Å²) in [4.78, 5) is 16.6. The Hall–Kier alpha value is -3.49. The maximum absolute atomic E-state index is 13.8. The number of anilines is 1. The number of halogens is 7. The van der Waals surface area contributed by atoms with Crippen LogP contribution in [0.4, 0.5) is 36.8 Å². The lowest BCUT2D eigenvalue weighted by atomic mass is 10.1. The normalized spacial score (nSPS) is 13.0. The monoisotopic (exact) mass is 673 g/mol. The molecule has 0 aliphatic carbocycles. The van der Waals surface area contributed by atoms with Crippen molar-refractivity contribution in [2.24, 2.45) is 0 Å². The number of thiophene rings is 1. The van der Waals surface area contributed by atoms with Gasteiger partial charge in [-0.2, -0.15) is 36.2 Å². The number of sulfonamides is 1. The molecule has 0 bridgehead atoms. The molecule has 1 aromatic carbocycles. The highest BCUT2D eigenvalue weighted by atomic mass is 35.5. The van der Waals surface area contributed by atoms with Crippen molar-refractivity contribution < 1.29 is 54.5 Å². The molecule has 0 fully saturated rings. The number of aromatic nitrogens is 3. The molecule has 0 aliphatic heterocycles. The smallest absolute Gasteiger partial charge is 0.404 e. The molecule has 20 heteroatoms. The third-order valence-electron chi connectivity index (χ3n) is 5.68. The van der Waals surface area contributed by atoms with Crippen molar-refractivity contribution in [3.05, 3.63) is 58.2 Å². The van der Waals surface area contributed by atoms with Gasteiger partial charge >= 0.3 is 18.4 Å². The zero-order valence-corrected chi connectivity index (χ0v) is 23.7. The fraction of sp³-hybridized carbons (Fsp3) is 0.261. The highest BCUT2D eigenvalue weighted by Gasteiger charge is 2.37. The van der Waals surface area contributed by atoms with Crippen molar-refractivity contribution >= 4 is 50.4 Å². The minimum Gasteiger partial charge on any atom is -0.404 e. The predicted octanol–water partition coefficient (Wildman–Crippen LogP) is 4.78. The summed E-state index contributed by atoms with van der Waals surface area (Å²) in [5, 5.41) is 24.4. The van der Waals surface area contributed by atoms with Gasteiger partial charge in [0.1, 0.15) is 8.55 Å². The molecule has 4 rings (SSSR count). The van der Waals surface area contributed by atoms with Crippen LogP contribution in [0.5, 0.6) is 5.75 Å². The van der Waals surface area contributed by atoms with Crippen molar-refractivity contribution in [3.8, 4) is 17.0 Å². The number of aliphatic hydroxyl groups excluding tert-OH is 2. The zero-order valence-electron chi connectivity index (χ0n) is 21.3. The van der Waals surface area contributed by atoms with Crippen molar-refractivity contribution in [1.29, 1.82) is 0 Å². The summed E-state index contributed by atoms with van der Waals surface area (Å²) in [6, 6.07) is 4.68. The molecule has 3 heterocycles. The molecule has 0 spiro atoms. The van der Waals surface area contributed by atoms with Crippen molar-refractivity contribution in [2.75, 3.05) is 18.5 Å². The van der Waals surface area contributed by atoms with Crippen LogP contribution in [0.1, 0.15) is 18.2 Å². The lowest BCUT2D eigenvalue weighted by molar-refractivity contribution is -0.142. The summed E-state index contributed by atoms with van der Waals surface area (Å²) in [7, 11) is -4.34. The fourth-order valence-corrected chi connectivity index (χ4v) is 6.51. The van der Waals surface area contributed by atoms with E-state index in [0.717, 1.165) is 24.4 Å². The SMILES string of the molecule is CC(CO)(CO)NS(=O)(=O)c1cc(NC(=O)Oc2cnn3c(C(F)(F)F)cc(-c4ccc(C(F)(F)F)cc4)nc23)c(Cl)s1. The van der Waals surface area contributed by atoms with Crippen LogP contribution in [0.25, 0.3) is 16.9 Å². The first-order chi connectivity index (χ1) is 19.9. The number of rotatable bonds is 8. The average molecular weight is 674 g/mol. The van der Waals surface area contributed by atoms with E-state index in [9.17, 15) is 49.8 Å². The Labute approximate surface area is 246 Å². The second-order valence-electron chi connectivity index (χ2n) is 9.09. The summed E-state index contributed by atoms with van der Waals surface area (Å²) >= 11 is 6.54. The number of fused-ring (bicyclic) bond motifs is 1. The van der Waals surface area contributed by atoms with E-state index >= 15 is 0 Å². The number of hydrogen-bond acceptors (Lipinski definition) is 9. The molecular weight excluding hydrogens is 656 g/mol. The molecule has 0 saturated carbocycles. The van der Waals surface area contributed by atoms with Crippen LogP contribution in [0, 0.1) is 0 Å². The van der Waals surface area contributed by atoms with Crippen molar-refractivity contribution in [2.45, 2.75) is 29.0 Å². The first-order valence-electron chi connectivity index (χ1n) is 11.5. The van der Waals surface area contributed by atoms with Gasteiger partial charge in [-0.1, -0.05) is 23.7 Å². The van der Waals surface area contributed by atoms with E-state index in [1.807, 2.05) is 0 Å². The van der Waals surface area contributed by atoms with Gasteiger partial charge in [-0.15, -0.1) is 11.3 Å². The number of benzene rings is 1. The summed E-state index contributed by atoms with van der Waals surface area (Å²) in [6.07, 6.45) is -10.3. The van der Waals surface area contributed by atoms with Crippen LogP contribution in [-0.4, -0.2) is 58.1 Å². The van der Waals surface area contributed by atoms with Gasteiger partial charge in [0.2, 0.25) is 0 Å². The molecule has 0 saturated heterocycles. The van der Waals surface area contributed by atoms with E-state index in [4.69, 9.17) is 16.3 Å². The molecule has 3 aromatic heterocycles. The maximum atomic E-state index is 13.8. The standard InChI is InChI=1S/C23H18ClF6N5O6S2/c1-21(9-36,10-37)34-43(39,40)17-7-14(18(24)42-17)33-20(38)41-15-8-31-35-16(23(28,29)30)6-13(32-19(15)35)11-2-4-12(5-3-11)22(25,26)27/h2-8,34,36-37H,9-10H2,1H3,(H,33,38). The minimum absolute atomic E-state index is 0.108. The second-order valence-corrected chi connectivity index (χ2v) is 12.7. The predicted molar refractivity (Wildman–Crippen MR) is 140 cm³/mol. The number of alkyl halides is 6. The summed E-state index contributed by atoms with van der Waals surface area (Å²) < 4.78 is 112. The molecule has 0 aliphatic rings. The Bertz CT molecular complexity index is 1770. The van der Waals surface area contributed by atoms with Gasteiger partial charge in [-0.05, 0) is 31.2 Å². The van der Waals surface area contributed by atoms with Gasteiger partial charge in [0.25, 0.3) is 10.0 Å². The van der Waals surface area contributed by atoms with Gasteiger partial charge < -0.3 is 14.9 Å². The van der Waals surface area contributed by atoms with Gasteiger partial charge in [-0.25, -0.2) is 22.7 Å². The van der Waals surface area contributed by atoms with Crippen LogP contribution in [0.2, 0.25) is 4.34 Å². The molecule has 1 amide bonds. The summed E-state index contributed by atoms with van der Waals surface area (Å²) in [5.74, 6) is -0.584. The number of aliphatic hydroxyl groups is 2. The minimum atomic E-state index is -5.00. The van der Waals surface area contributed by atoms with Crippen LogP contribution in [0.3, 0.4) is 0 Å². The molecule has 0 unspecified atom stereocenters. The van der Waals surface area contributed by atoms with E-state index < -0.39 is 79.8 Å². The molecule has 43 heavy (non-hydrogen) atoms. The lowest BCUT2D eigenvalue weighted by Gasteiger charge is -2.25. The first kappa shape index (κ1) is 32.4. The second kappa shape index (κ2) is 11.5. The third-order valence-corrected chi connectivity index (χ3v) is 9.16. The number of hydrogen-bond donors (Lipinski definition) is 4. The number of amides is 1. The molecule has 4 aromatic rings. The van der Waals surface area contributed by atoms with Crippen LogP contribution < -0.4 is 14.8 Å². The Morgan fingerprint density at radius 2 is 1.70 bits per heavy atom. The quantitative estimate of drug-likeness (QED) is 0.195. The molecule has 0 atom stereocenters. The third kappa shape index (κ3) is 7.02. The molecule has 0 radical (unpaired) electrons. The average Bonchev–Trinajstić information content (AvgIpc) is 3.50. The molecule has 232 valence electrons.